The van der Waals surface area contributed by atoms with Crippen molar-refractivity contribution in [2.24, 2.45) is 0 Å². The predicted octanol–water partition coefficient (Wildman–Crippen LogP) is 6.94. The summed E-state index contributed by atoms with van der Waals surface area (Å²) in [5, 5.41) is 0. The molecule has 1 aromatic carbocycles. The lowest BCUT2D eigenvalue weighted by Crippen LogP contribution is -1.92. The van der Waals surface area contributed by atoms with Gasteiger partial charge in [-0.1, -0.05) is 83.3 Å². The lowest BCUT2D eigenvalue weighted by Gasteiger charge is -2.05. The standard InChI is InChI=1S/C21H36O/c1-3-5-6-7-8-9-10-11-12-13-14-15-20-16-18-21(19-17-20)22-4-2/h16-19H,3-15H2,1-2H3. The topological polar surface area (TPSA) is 9.23 Å². The van der Waals surface area contributed by atoms with E-state index in [9.17, 15) is 0 Å². The van der Waals surface area contributed by atoms with E-state index in [2.05, 4.69) is 31.2 Å². The third kappa shape index (κ3) is 9.87. The smallest absolute Gasteiger partial charge is 0.119 e. The van der Waals surface area contributed by atoms with E-state index in [0.717, 1.165) is 12.4 Å². The van der Waals surface area contributed by atoms with Gasteiger partial charge >= 0.3 is 0 Å². The Hall–Kier alpha value is -0.980. The molecule has 1 nitrogen and oxygen atoms in total. The maximum Gasteiger partial charge on any atom is 0.119 e. The zero-order valence-corrected chi connectivity index (χ0v) is 14.9. The molecule has 0 aliphatic carbocycles. The molecule has 0 saturated carbocycles. The van der Waals surface area contributed by atoms with Crippen LogP contribution < -0.4 is 4.74 Å². The fourth-order valence-electron chi connectivity index (χ4n) is 2.91. The van der Waals surface area contributed by atoms with Crippen LogP contribution in [-0.2, 0) is 6.42 Å². The highest BCUT2D eigenvalue weighted by atomic mass is 16.5. The SMILES string of the molecule is CCCCCCCCCCCCCc1ccc(OCC)cc1. The highest BCUT2D eigenvalue weighted by Gasteiger charge is 1.96. The third-order valence-electron chi connectivity index (χ3n) is 4.30. The average Bonchev–Trinajstić information content (AvgIpc) is 2.54. The molecule has 0 bridgehead atoms. The largest absolute Gasteiger partial charge is 0.494 e. The quantitative estimate of drug-likeness (QED) is 0.338. The monoisotopic (exact) mass is 304 g/mol. The maximum atomic E-state index is 5.47. The molecule has 0 fully saturated rings. The summed E-state index contributed by atoms with van der Waals surface area (Å²) in [6, 6.07) is 8.61. The van der Waals surface area contributed by atoms with Gasteiger partial charge in [0.25, 0.3) is 0 Å². The van der Waals surface area contributed by atoms with E-state index in [0.29, 0.717) is 0 Å². The Morgan fingerprint density at radius 1 is 0.636 bits per heavy atom. The Kier molecular flexibility index (Phi) is 11.8. The number of hydrogen-bond donors (Lipinski definition) is 0. The van der Waals surface area contributed by atoms with Crippen molar-refractivity contribution in [1.29, 1.82) is 0 Å². The molecule has 1 rings (SSSR count). The third-order valence-corrected chi connectivity index (χ3v) is 4.30. The van der Waals surface area contributed by atoms with Gasteiger partial charge in [0.2, 0.25) is 0 Å². The summed E-state index contributed by atoms with van der Waals surface area (Å²) in [6.07, 6.45) is 16.8. The van der Waals surface area contributed by atoms with Gasteiger partial charge in [0.05, 0.1) is 6.61 Å². The van der Waals surface area contributed by atoms with E-state index in [1.807, 2.05) is 6.92 Å². The van der Waals surface area contributed by atoms with Crippen LogP contribution in [0.4, 0.5) is 0 Å². The fourth-order valence-corrected chi connectivity index (χ4v) is 2.91. The van der Waals surface area contributed by atoms with Crippen LogP contribution >= 0.6 is 0 Å². The molecule has 0 heterocycles. The van der Waals surface area contributed by atoms with Crippen molar-refractivity contribution in [2.45, 2.75) is 90.9 Å². The van der Waals surface area contributed by atoms with Crippen LogP contribution in [0.5, 0.6) is 5.75 Å². The normalized spacial score (nSPS) is 10.8. The number of aryl methyl sites for hydroxylation is 1. The van der Waals surface area contributed by atoms with E-state index in [4.69, 9.17) is 4.74 Å². The van der Waals surface area contributed by atoms with Crippen molar-refractivity contribution in [3.63, 3.8) is 0 Å². The minimum Gasteiger partial charge on any atom is -0.494 e. The van der Waals surface area contributed by atoms with Gasteiger partial charge in [0.15, 0.2) is 0 Å². The molecule has 0 aromatic heterocycles. The second kappa shape index (κ2) is 13.7. The molecule has 0 aliphatic rings. The first-order valence-corrected chi connectivity index (χ1v) is 9.58. The first-order valence-electron chi connectivity index (χ1n) is 9.58. The van der Waals surface area contributed by atoms with E-state index >= 15 is 0 Å². The summed E-state index contributed by atoms with van der Waals surface area (Å²) in [4.78, 5) is 0. The van der Waals surface area contributed by atoms with Gasteiger partial charge in [-0.05, 0) is 37.5 Å². The Morgan fingerprint density at radius 2 is 1.14 bits per heavy atom. The minimum atomic E-state index is 0.748. The molecule has 0 aliphatic heterocycles. The summed E-state index contributed by atoms with van der Waals surface area (Å²) in [5.74, 6) is 0.991. The summed E-state index contributed by atoms with van der Waals surface area (Å²) in [7, 11) is 0. The van der Waals surface area contributed by atoms with Crippen LogP contribution in [0, 0.1) is 0 Å². The van der Waals surface area contributed by atoms with E-state index in [1.165, 1.54) is 82.6 Å². The fraction of sp³-hybridized carbons (Fsp3) is 0.714. The molecule has 0 amide bonds. The Balaban J connectivity index is 1.90. The Labute approximate surface area is 138 Å². The molecule has 1 aromatic rings. The van der Waals surface area contributed by atoms with Crippen molar-refractivity contribution in [3.05, 3.63) is 29.8 Å². The number of rotatable bonds is 14. The van der Waals surface area contributed by atoms with E-state index < -0.39 is 0 Å². The van der Waals surface area contributed by atoms with Crippen LogP contribution in [-0.4, -0.2) is 6.61 Å². The van der Waals surface area contributed by atoms with E-state index in [-0.39, 0.29) is 0 Å². The summed E-state index contributed by atoms with van der Waals surface area (Å²) < 4.78 is 5.47. The summed E-state index contributed by atoms with van der Waals surface area (Å²) >= 11 is 0. The molecule has 1 heteroatoms. The Bertz CT molecular complexity index is 341. The van der Waals surface area contributed by atoms with Gasteiger partial charge in [-0.25, -0.2) is 0 Å². The molecule has 0 unspecified atom stereocenters. The second-order valence-corrected chi connectivity index (χ2v) is 6.36. The zero-order valence-electron chi connectivity index (χ0n) is 14.9. The van der Waals surface area contributed by atoms with Crippen LogP contribution in [0.25, 0.3) is 0 Å². The lowest BCUT2D eigenvalue weighted by molar-refractivity contribution is 0.340. The lowest BCUT2D eigenvalue weighted by atomic mass is 10.0. The number of unbranched alkanes of at least 4 members (excludes halogenated alkanes) is 10. The van der Waals surface area contributed by atoms with Crippen molar-refractivity contribution in [1.82, 2.24) is 0 Å². The highest BCUT2D eigenvalue weighted by Crippen LogP contribution is 2.15. The van der Waals surface area contributed by atoms with Gasteiger partial charge in [-0.15, -0.1) is 0 Å². The van der Waals surface area contributed by atoms with Gasteiger partial charge in [0, 0.05) is 0 Å². The van der Waals surface area contributed by atoms with Crippen molar-refractivity contribution in [3.8, 4) is 5.75 Å². The first kappa shape index (κ1) is 19.1. The van der Waals surface area contributed by atoms with Crippen LogP contribution in [0.15, 0.2) is 24.3 Å². The molecule has 0 saturated heterocycles. The predicted molar refractivity (Wildman–Crippen MR) is 97.8 cm³/mol. The van der Waals surface area contributed by atoms with Gasteiger partial charge in [-0.3, -0.25) is 0 Å². The van der Waals surface area contributed by atoms with Gasteiger partial charge in [-0.2, -0.15) is 0 Å². The zero-order chi connectivity index (χ0) is 15.9. The molecule has 0 spiro atoms. The average molecular weight is 305 g/mol. The maximum absolute atomic E-state index is 5.47. The number of hydrogen-bond acceptors (Lipinski definition) is 1. The number of ether oxygens (including phenoxy) is 1. The minimum absolute atomic E-state index is 0.748. The van der Waals surface area contributed by atoms with Gasteiger partial charge < -0.3 is 4.74 Å². The van der Waals surface area contributed by atoms with Gasteiger partial charge in [0.1, 0.15) is 5.75 Å². The Morgan fingerprint density at radius 3 is 1.64 bits per heavy atom. The first-order chi connectivity index (χ1) is 10.9. The van der Waals surface area contributed by atoms with Crippen molar-refractivity contribution >= 4 is 0 Å². The second-order valence-electron chi connectivity index (χ2n) is 6.36. The summed E-state index contributed by atoms with van der Waals surface area (Å²) in [6.45, 7) is 5.06. The highest BCUT2D eigenvalue weighted by molar-refractivity contribution is 5.27. The molecule has 0 atom stereocenters. The van der Waals surface area contributed by atoms with E-state index in [1.54, 1.807) is 0 Å². The molecule has 0 radical (unpaired) electrons. The molecule has 126 valence electrons. The molecule has 22 heavy (non-hydrogen) atoms. The van der Waals surface area contributed by atoms with Crippen molar-refractivity contribution < 1.29 is 4.74 Å². The molecule has 0 N–H and O–H groups in total. The van der Waals surface area contributed by atoms with Crippen LogP contribution in [0.1, 0.15) is 90.0 Å². The number of benzene rings is 1. The molecular weight excluding hydrogens is 268 g/mol. The van der Waals surface area contributed by atoms with Crippen molar-refractivity contribution in [2.75, 3.05) is 6.61 Å². The van der Waals surface area contributed by atoms with Crippen LogP contribution in [0.3, 0.4) is 0 Å². The summed E-state index contributed by atoms with van der Waals surface area (Å²) in [5.41, 5.74) is 1.44. The molecular formula is C21H36O. The van der Waals surface area contributed by atoms with Crippen LogP contribution in [0.2, 0.25) is 0 Å².